The number of nitrogens with one attached hydrogen (secondary N) is 2. The summed E-state index contributed by atoms with van der Waals surface area (Å²) in [6.45, 7) is 4.77. The Morgan fingerprint density at radius 2 is 2.35 bits per heavy atom. The summed E-state index contributed by atoms with van der Waals surface area (Å²) in [7, 11) is 0. The topological polar surface area (TPSA) is 64.9 Å². The number of nitriles is 1. The van der Waals surface area contributed by atoms with Crippen molar-refractivity contribution < 1.29 is 4.79 Å². The highest BCUT2D eigenvalue weighted by molar-refractivity contribution is 7.16. The molecule has 2 heterocycles. The van der Waals surface area contributed by atoms with Gasteiger partial charge in [0.2, 0.25) is 5.91 Å². The second-order valence-corrected chi connectivity index (χ2v) is 5.46. The minimum absolute atomic E-state index is 0.0275. The van der Waals surface area contributed by atoms with Crippen molar-refractivity contribution in [2.24, 2.45) is 0 Å². The van der Waals surface area contributed by atoms with Gasteiger partial charge in [-0.2, -0.15) is 5.26 Å². The lowest BCUT2D eigenvalue weighted by Crippen LogP contribution is -2.35. The van der Waals surface area contributed by atoms with Gasteiger partial charge < -0.3 is 10.6 Å². The van der Waals surface area contributed by atoms with Crippen LogP contribution in [0.4, 0.5) is 5.00 Å². The molecule has 1 aromatic rings. The molecule has 0 aromatic carbocycles. The molecule has 17 heavy (non-hydrogen) atoms. The van der Waals surface area contributed by atoms with Crippen LogP contribution in [0.15, 0.2) is 0 Å². The molecule has 2 rings (SSSR count). The Morgan fingerprint density at radius 3 is 2.94 bits per heavy atom. The van der Waals surface area contributed by atoms with Crippen LogP contribution in [0.2, 0.25) is 0 Å². The SMILES string of the molecule is Cc1sc(NC(=O)C2CCCN2)c(C#N)c1C. The van der Waals surface area contributed by atoms with Gasteiger partial charge in [0.1, 0.15) is 11.1 Å². The summed E-state index contributed by atoms with van der Waals surface area (Å²) in [4.78, 5) is 13.0. The number of anilines is 1. The molecular weight excluding hydrogens is 234 g/mol. The predicted molar refractivity (Wildman–Crippen MR) is 68.2 cm³/mol. The van der Waals surface area contributed by atoms with Gasteiger partial charge in [-0.25, -0.2) is 0 Å². The normalized spacial score (nSPS) is 19.0. The third kappa shape index (κ3) is 2.33. The van der Waals surface area contributed by atoms with Crippen molar-refractivity contribution >= 4 is 22.2 Å². The van der Waals surface area contributed by atoms with E-state index >= 15 is 0 Å². The van der Waals surface area contributed by atoms with Gasteiger partial charge in [0.05, 0.1) is 11.6 Å². The van der Waals surface area contributed by atoms with Crippen LogP contribution in [0.1, 0.15) is 28.8 Å². The maximum absolute atomic E-state index is 11.9. The second-order valence-electron chi connectivity index (χ2n) is 4.24. The first-order chi connectivity index (χ1) is 8.13. The Kier molecular flexibility index (Phi) is 3.46. The van der Waals surface area contributed by atoms with Gasteiger partial charge in [-0.15, -0.1) is 11.3 Å². The van der Waals surface area contributed by atoms with Crippen molar-refractivity contribution in [2.75, 3.05) is 11.9 Å². The summed E-state index contributed by atoms with van der Waals surface area (Å²) in [5, 5.41) is 15.8. The lowest BCUT2D eigenvalue weighted by molar-refractivity contribution is -0.117. The fourth-order valence-corrected chi connectivity index (χ4v) is 2.97. The first-order valence-electron chi connectivity index (χ1n) is 5.68. The molecule has 0 radical (unpaired) electrons. The predicted octanol–water partition coefficient (Wildman–Crippen LogP) is 1.93. The van der Waals surface area contributed by atoms with E-state index in [2.05, 4.69) is 16.7 Å². The van der Waals surface area contributed by atoms with Crippen molar-refractivity contribution in [2.45, 2.75) is 32.7 Å². The maximum Gasteiger partial charge on any atom is 0.242 e. The molecule has 5 heteroatoms. The number of amides is 1. The van der Waals surface area contributed by atoms with E-state index in [1.54, 1.807) is 0 Å². The number of thiophene rings is 1. The molecule has 2 N–H and O–H groups in total. The summed E-state index contributed by atoms with van der Waals surface area (Å²) >= 11 is 1.47. The van der Waals surface area contributed by atoms with Gasteiger partial charge in [-0.3, -0.25) is 4.79 Å². The van der Waals surface area contributed by atoms with Crippen LogP contribution in [-0.4, -0.2) is 18.5 Å². The van der Waals surface area contributed by atoms with Crippen molar-refractivity contribution in [3.05, 3.63) is 16.0 Å². The molecule has 1 aliphatic heterocycles. The zero-order valence-corrected chi connectivity index (χ0v) is 10.8. The van der Waals surface area contributed by atoms with Gasteiger partial charge in [0, 0.05) is 4.88 Å². The summed E-state index contributed by atoms with van der Waals surface area (Å²) in [5.41, 5.74) is 1.56. The van der Waals surface area contributed by atoms with Gasteiger partial charge in [-0.05, 0) is 38.8 Å². The monoisotopic (exact) mass is 249 g/mol. The molecule has 4 nitrogen and oxygen atoms in total. The highest BCUT2D eigenvalue weighted by atomic mass is 32.1. The average Bonchev–Trinajstić information content (AvgIpc) is 2.89. The van der Waals surface area contributed by atoms with Crippen LogP contribution in [-0.2, 0) is 4.79 Å². The summed E-state index contributed by atoms with van der Waals surface area (Å²) < 4.78 is 0. The Labute approximate surface area is 105 Å². The summed E-state index contributed by atoms with van der Waals surface area (Å²) in [6.07, 6.45) is 1.91. The van der Waals surface area contributed by atoms with Crippen LogP contribution in [0.25, 0.3) is 0 Å². The Bertz CT molecular complexity index is 481. The van der Waals surface area contributed by atoms with E-state index in [1.165, 1.54) is 11.3 Å². The molecule has 1 fully saturated rings. The Balaban J connectivity index is 2.16. The summed E-state index contributed by atoms with van der Waals surface area (Å²) in [6, 6.07) is 2.05. The van der Waals surface area contributed by atoms with Crippen LogP contribution in [0.5, 0.6) is 0 Å². The lowest BCUT2D eigenvalue weighted by atomic mass is 10.2. The fourth-order valence-electron chi connectivity index (χ4n) is 1.96. The average molecular weight is 249 g/mol. The summed E-state index contributed by atoms with van der Waals surface area (Å²) in [5.74, 6) is -0.0275. The van der Waals surface area contributed by atoms with E-state index in [0.29, 0.717) is 10.6 Å². The first kappa shape index (κ1) is 12.1. The minimum atomic E-state index is -0.107. The van der Waals surface area contributed by atoms with Crippen molar-refractivity contribution in [3.8, 4) is 6.07 Å². The van der Waals surface area contributed by atoms with Gasteiger partial charge in [0.25, 0.3) is 0 Å². The smallest absolute Gasteiger partial charge is 0.242 e. The van der Waals surface area contributed by atoms with Crippen LogP contribution < -0.4 is 10.6 Å². The molecule has 1 saturated heterocycles. The minimum Gasteiger partial charge on any atom is -0.315 e. The van der Waals surface area contributed by atoms with Crippen molar-refractivity contribution in [1.82, 2.24) is 5.32 Å². The molecule has 90 valence electrons. The highest BCUT2D eigenvalue weighted by Crippen LogP contribution is 2.31. The fraction of sp³-hybridized carbons (Fsp3) is 0.500. The molecule has 1 atom stereocenters. The highest BCUT2D eigenvalue weighted by Gasteiger charge is 2.23. The van der Waals surface area contributed by atoms with E-state index in [-0.39, 0.29) is 11.9 Å². The molecule has 0 saturated carbocycles. The number of carbonyl (C=O) groups is 1. The Hall–Kier alpha value is -1.38. The largest absolute Gasteiger partial charge is 0.315 e. The molecule has 1 unspecified atom stereocenters. The molecule has 1 amide bonds. The van der Waals surface area contributed by atoms with E-state index in [1.807, 2.05) is 13.8 Å². The zero-order valence-electron chi connectivity index (χ0n) is 9.96. The first-order valence-corrected chi connectivity index (χ1v) is 6.49. The van der Waals surface area contributed by atoms with Gasteiger partial charge >= 0.3 is 0 Å². The third-order valence-electron chi connectivity index (χ3n) is 3.11. The molecule has 0 aliphatic carbocycles. The maximum atomic E-state index is 11.9. The molecule has 0 spiro atoms. The molecule has 1 aromatic heterocycles. The number of rotatable bonds is 2. The van der Waals surface area contributed by atoms with E-state index in [4.69, 9.17) is 5.26 Å². The van der Waals surface area contributed by atoms with Crippen molar-refractivity contribution in [3.63, 3.8) is 0 Å². The standard InChI is InChI=1S/C12H15N3OS/c1-7-8(2)17-12(9(7)6-13)15-11(16)10-4-3-5-14-10/h10,14H,3-5H2,1-2H3,(H,15,16). The van der Waals surface area contributed by atoms with E-state index in [0.717, 1.165) is 29.8 Å². The molecular formula is C12H15N3OS. The van der Waals surface area contributed by atoms with E-state index < -0.39 is 0 Å². The lowest BCUT2D eigenvalue weighted by Gasteiger charge is -2.09. The number of nitrogens with zero attached hydrogens (tertiary/aromatic N) is 1. The Morgan fingerprint density at radius 1 is 1.59 bits per heavy atom. The number of carbonyl (C=O) groups excluding carboxylic acids is 1. The van der Waals surface area contributed by atoms with E-state index in [9.17, 15) is 4.79 Å². The zero-order chi connectivity index (χ0) is 12.4. The number of aryl methyl sites for hydroxylation is 1. The van der Waals surface area contributed by atoms with Gasteiger partial charge in [0.15, 0.2) is 0 Å². The van der Waals surface area contributed by atoms with Crippen LogP contribution in [0.3, 0.4) is 0 Å². The van der Waals surface area contributed by atoms with Crippen LogP contribution >= 0.6 is 11.3 Å². The molecule has 1 aliphatic rings. The third-order valence-corrected chi connectivity index (χ3v) is 4.23. The molecule has 0 bridgehead atoms. The van der Waals surface area contributed by atoms with Crippen LogP contribution in [0, 0.1) is 25.2 Å². The van der Waals surface area contributed by atoms with Gasteiger partial charge in [-0.1, -0.05) is 0 Å². The number of hydrogen-bond acceptors (Lipinski definition) is 4. The quantitative estimate of drug-likeness (QED) is 0.841. The van der Waals surface area contributed by atoms with Crippen molar-refractivity contribution in [1.29, 1.82) is 5.26 Å². The number of hydrogen-bond donors (Lipinski definition) is 2. The second kappa shape index (κ2) is 4.86.